The summed E-state index contributed by atoms with van der Waals surface area (Å²) in [5, 5.41) is 3.96. The van der Waals surface area contributed by atoms with Crippen LogP contribution in [0.25, 0.3) is 11.4 Å². The SMILES string of the molecule is FC(F)(F)Oc1ccccc1CN1CC(c2nc(-c3cccnc3)no2)C1. The third-order valence-corrected chi connectivity index (χ3v) is 4.26. The molecule has 9 heteroatoms. The molecule has 0 spiro atoms. The summed E-state index contributed by atoms with van der Waals surface area (Å²) in [5.74, 6) is 0.870. The lowest BCUT2D eigenvalue weighted by atomic mass is 9.99. The van der Waals surface area contributed by atoms with Crippen LogP contribution >= 0.6 is 0 Å². The number of alkyl halides is 3. The number of hydrogen-bond donors (Lipinski definition) is 0. The summed E-state index contributed by atoms with van der Waals surface area (Å²) >= 11 is 0. The predicted molar refractivity (Wildman–Crippen MR) is 88.7 cm³/mol. The van der Waals surface area contributed by atoms with Crippen LogP contribution in [0.4, 0.5) is 13.2 Å². The first-order valence-corrected chi connectivity index (χ1v) is 8.28. The van der Waals surface area contributed by atoms with Crippen LogP contribution in [0.3, 0.4) is 0 Å². The molecule has 140 valence electrons. The third-order valence-electron chi connectivity index (χ3n) is 4.26. The molecule has 0 atom stereocenters. The number of rotatable bonds is 5. The van der Waals surface area contributed by atoms with Crippen molar-refractivity contribution in [2.24, 2.45) is 0 Å². The molecular weight excluding hydrogens is 361 g/mol. The maximum Gasteiger partial charge on any atom is 0.573 e. The van der Waals surface area contributed by atoms with Gasteiger partial charge in [0.15, 0.2) is 0 Å². The van der Waals surface area contributed by atoms with Crippen LogP contribution in [0.2, 0.25) is 0 Å². The number of aromatic nitrogens is 3. The number of nitrogens with zero attached hydrogens (tertiary/aromatic N) is 4. The highest BCUT2D eigenvalue weighted by atomic mass is 19.4. The van der Waals surface area contributed by atoms with E-state index in [0.29, 0.717) is 36.9 Å². The molecule has 0 unspecified atom stereocenters. The van der Waals surface area contributed by atoms with Crippen molar-refractivity contribution in [3.63, 3.8) is 0 Å². The second kappa shape index (κ2) is 6.99. The average Bonchev–Trinajstić information content (AvgIpc) is 3.08. The number of ether oxygens (including phenoxy) is 1. The molecule has 0 saturated carbocycles. The summed E-state index contributed by atoms with van der Waals surface area (Å²) in [5.41, 5.74) is 1.25. The molecule has 1 aliphatic rings. The minimum absolute atomic E-state index is 0.0543. The van der Waals surface area contributed by atoms with Gasteiger partial charge in [-0.25, -0.2) is 0 Å². The minimum Gasteiger partial charge on any atom is -0.405 e. The van der Waals surface area contributed by atoms with E-state index < -0.39 is 6.36 Å². The van der Waals surface area contributed by atoms with Crippen LogP contribution < -0.4 is 4.74 Å². The standard InChI is InChI=1S/C18H15F3N4O2/c19-18(20,21)26-15-6-2-1-4-13(15)9-25-10-14(11-25)17-23-16(24-27-17)12-5-3-7-22-8-12/h1-8,14H,9-11H2. The maximum atomic E-state index is 12.5. The van der Waals surface area contributed by atoms with E-state index in [1.807, 2.05) is 11.0 Å². The number of likely N-dealkylation sites (tertiary alicyclic amines) is 1. The molecule has 3 aromatic rings. The number of halogens is 3. The van der Waals surface area contributed by atoms with E-state index >= 15 is 0 Å². The van der Waals surface area contributed by atoms with Gasteiger partial charge in [-0.2, -0.15) is 4.98 Å². The fourth-order valence-corrected chi connectivity index (χ4v) is 2.97. The maximum absolute atomic E-state index is 12.5. The molecule has 3 heterocycles. The summed E-state index contributed by atoms with van der Waals surface area (Å²) in [6, 6.07) is 9.78. The van der Waals surface area contributed by atoms with Gasteiger partial charge in [0.1, 0.15) is 5.75 Å². The van der Waals surface area contributed by atoms with Crippen molar-refractivity contribution in [3.05, 3.63) is 60.2 Å². The Hall–Kier alpha value is -2.94. The predicted octanol–water partition coefficient (Wildman–Crippen LogP) is 3.63. The van der Waals surface area contributed by atoms with Crippen molar-refractivity contribution >= 4 is 0 Å². The van der Waals surface area contributed by atoms with Crippen molar-refractivity contribution in [3.8, 4) is 17.1 Å². The van der Waals surface area contributed by atoms with E-state index in [4.69, 9.17) is 4.52 Å². The lowest BCUT2D eigenvalue weighted by Gasteiger charge is -2.37. The molecule has 27 heavy (non-hydrogen) atoms. The fourth-order valence-electron chi connectivity index (χ4n) is 2.97. The Balaban J connectivity index is 1.38. The zero-order valence-electron chi connectivity index (χ0n) is 14.1. The summed E-state index contributed by atoms with van der Waals surface area (Å²) in [7, 11) is 0. The van der Waals surface area contributed by atoms with Crippen LogP contribution in [-0.4, -0.2) is 39.5 Å². The Bertz CT molecular complexity index is 908. The summed E-state index contributed by atoms with van der Waals surface area (Å²) in [6.07, 6.45) is -1.39. The number of hydrogen-bond acceptors (Lipinski definition) is 6. The molecule has 0 radical (unpaired) electrons. The van der Waals surface area contributed by atoms with Crippen molar-refractivity contribution in [1.82, 2.24) is 20.0 Å². The Morgan fingerprint density at radius 1 is 1.15 bits per heavy atom. The molecule has 0 amide bonds. The van der Waals surface area contributed by atoms with Gasteiger partial charge in [0, 0.05) is 43.2 Å². The number of para-hydroxylation sites is 1. The van der Waals surface area contributed by atoms with E-state index in [9.17, 15) is 13.2 Å². The highest BCUT2D eigenvalue weighted by Gasteiger charge is 2.35. The first-order chi connectivity index (χ1) is 13.0. The topological polar surface area (TPSA) is 64.3 Å². The molecule has 4 rings (SSSR count). The normalized spacial score (nSPS) is 15.5. The number of benzene rings is 1. The average molecular weight is 376 g/mol. The van der Waals surface area contributed by atoms with E-state index in [2.05, 4.69) is 19.9 Å². The van der Waals surface area contributed by atoms with E-state index in [1.54, 1.807) is 30.6 Å². The van der Waals surface area contributed by atoms with Gasteiger partial charge in [-0.05, 0) is 18.2 Å². The molecule has 0 aliphatic carbocycles. The molecule has 1 fully saturated rings. The summed E-state index contributed by atoms with van der Waals surface area (Å²) in [4.78, 5) is 10.4. The van der Waals surface area contributed by atoms with E-state index in [-0.39, 0.29) is 11.7 Å². The van der Waals surface area contributed by atoms with Gasteiger partial charge >= 0.3 is 6.36 Å². The molecule has 1 aromatic carbocycles. The molecule has 0 bridgehead atoms. The molecule has 1 aliphatic heterocycles. The molecule has 2 aromatic heterocycles. The van der Waals surface area contributed by atoms with Crippen LogP contribution in [0.5, 0.6) is 5.75 Å². The van der Waals surface area contributed by atoms with Gasteiger partial charge in [-0.1, -0.05) is 23.4 Å². The highest BCUT2D eigenvalue weighted by molar-refractivity contribution is 5.52. The minimum atomic E-state index is -4.71. The molecule has 0 N–H and O–H groups in total. The van der Waals surface area contributed by atoms with Crippen molar-refractivity contribution in [2.45, 2.75) is 18.8 Å². The highest BCUT2D eigenvalue weighted by Crippen LogP contribution is 2.32. The Labute approximate surface area is 152 Å². The van der Waals surface area contributed by atoms with Crippen molar-refractivity contribution in [1.29, 1.82) is 0 Å². The smallest absolute Gasteiger partial charge is 0.405 e. The third kappa shape index (κ3) is 4.08. The molecule has 6 nitrogen and oxygen atoms in total. The van der Waals surface area contributed by atoms with E-state index in [0.717, 1.165) is 5.56 Å². The van der Waals surface area contributed by atoms with Crippen molar-refractivity contribution < 1.29 is 22.4 Å². The Morgan fingerprint density at radius 3 is 2.70 bits per heavy atom. The van der Waals surface area contributed by atoms with Gasteiger partial charge in [0.25, 0.3) is 0 Å². The quantitative estimate of drug-likeness (QED) is 0.678. The lowest BCUT2D eigenvalue weighted by Crippen LogP contribution is -2.44. The molecular formula is C18H15F3N4O2. The zero-order chi connectivity index (χ0) is 18.9. The Morgan fingerprint density at radius 2 is 1.96 bits per heavy atom. The van der Waals surface area contributed by atoms with Crippen LogP contribution in [0.1, 0.15) is 17.4 Å². The van der Waals surface area contributed by atoms with Crippen LogP contribution in [-0.2, 0) is 6.54 Å². The molecule has 1 saturated heterocycles. The number of pyridine rings is 1. The van der Waals surface area contributed by atoms with Gasteiger partial charge in [0.05, 0.1) is 5.92 Å². The van der Waals surface area contributed by atoms with Gasteiger partial charge in [-0.3, -0.25) is 9.88 Å². The van der Waals surface area contributed by atoms with E-state index in [1.165, 1.54) is 12.1 Å². The van der Waals surface area contributed by atoms with Gasteiger partial charge < -0.3 is 9.26 Å². The first kappa shape index (κ1) is 17.5. The van der Waals surface area contributed by atoms with Crippen molar-refractivity contribution in [2.75, 3.05) is 13.1 Å². The summed E-state index contributed by atoms with van der Waals surface area (Å²) in [6.45, 7) is 1.59. The zero-order valence-corrected chi connectivity index (χ0v) is 14.1. The Kier molecular flexibility index (Phi) is 4.53. The lowest BCUT2D eigenvalue weighted by molar-refractivity contribution is -0.275. The second-order valence-electron chi connectivity index (χ2n) is 6.24. The summed E-state index contributed by atoms with van der Waals surface area (Å²) < 4.78 is 47.0. The van der Waals surface area contributed by atoms with Crippen LogP contribution in [0, 0.1) is 0 Å². The monoisotopic (exact) mass is 376 g/mol. The largest absolute Gasteiger partial charge is 0.573 e. The first-order valence-electron chi connectivity index (χ1n) is 8.28. The van der Waals surface area contributed by atoms with Gasteiger partial charge in [-0.15, -0.1) is 13.2 Å². The fraction of sp³-hybridized carbons (Fsp3) is 0.278. The van der Waals surface area contributed by atoms with Crippen LogP contribution in [0.15, 0.2) is 53.3 Å². The second-order valence-corrected chi connectivity index (χ2v) is 6.24. The van der Waals surface area contributed by atoms with Gasteiger partial charge in [0.2, 0.25) is 11.7 Å².